The zero-order chi connectivity index (χ0) is 13.2. The highest BCUT2D eigenvalue weighted by Crippen LogP contribution is 2.36. The number of nitrogens with zero attached hydrogens (tertiary/aromatic N) is 1. The van der Waals surface area contributed by atoms with Gasteiger partial charge < -0.3 is 10.0 Å². The topological polar surface area (TPSA) is 23.5 Å². The van der Waals surface area contributed by atoms with E-state index in [9.17, 15) is 9.50 Å². The SMILES string of the molecule is CCC1(C)CCN(c2ccc(F)cc2CO)CC1. The molecule has 0 aromatic heterocycles. The molecule has 1 fully saturated rings. The molecule has 0 unspecified atom stereocenters. The van der Waals surface area contributed by atoms with E-state index >= 15 is 0 Å². The maximum Gasteiger partial charge on any atom is 0.123 e. The summed E-state index contributed by atoms with van der Waals surface area (Å²) in [5.41, 5.74) is 2.11. The third kappa shape index (κ3) is 2.66. The first-order chi connectivity index (χ1) is 8.58. The summed E-state index contributed by atoms with van der Waals surface area (Å²) in [5, 5.41) is 9.33. The Morgan fingerprint density at radius 3 is 2.56 bits per heavy atom. The minimum Gasteiger partial charge on any atom is -0.392 e. The number of rotatable bonds is 3. The maximum absolute atomic E-state index is 13.1. The van der Waals surface area contributed by atoms with Crippen LogP contribution in [-0.2, 0) is 6.61 Å². The number of aliphatic hydroxyl groups excluding tert-OH is 1. The van der Waals surface area contributed by atoms with Crippen molar-refractivity contribution in [3.8, 4) is 0 Å². The van der Waals surface area contributed by atoms with Crippen molar-refractivity contribution in [2.24, 2.45) is 5.41 Å². The Morgan fingerprint density at radius 1 is 1.33 bits per heavy atom. The molecule has 18 heavy (non-hydrogen) atoms. The third-order valence-electron chi connectivity index (χ3n) is 4.38. The number of halogens is 1. The van der Waals surface area contributed by atoms with Gasteiger partial charge in [0.2, 0.25) is 0 Å². The lowest BCUT2D eigenvalue weighted by Crippen LogP contribution is -2.38. The van der Waals surface area contributed by atoms with Crippen LogP contribution in [0.3, 0.4) is 0 Å². The van der Waals surface area contributed by atoms with Gasteiger partial charge in [-0.3, -0.25) is 0 Å². The first-order valence-corrected chi connectivity index (χ1v) is 6.72. The Morgan fingerprint density at radius 2 is 2.00 bits per heavy atom. The van der Waals surface area contributed by atoms with Crippen LogP contribution in [0.1, 0.15) is 38.7 Å². The van der Waals surface area contributed by atoms with Gasteiger partial charge in [-0.15, -0.1) is 0 Å². The maximum atomic E-state index is 13.1. The van der Waals surface area contributed by atoms with Gasteiger partial charge in [0.1, 0.15) is 5.82 Å². The van der Waals surface area contributed by atoms with E-state index in [1.165, 1.54) is 18.6 Å². The molecule has 0 radical (unpaired) electrons. The Balaban J connectivity index is 2.14. The molecule has 1 aliphatic rings. The Bertz CT molecular complexity index is 411. The molecule has 2 nitrogen and oxygen atoms in total. The van der Waals surface area contributed by atoms with Gasteiger partial charge >= 0.3 is 0 Å². The fourth-order valence-corrected chi connectivity index (χ4v) is 2.63. The largest absolute Gasteiger partial charge is 0.392 e. The highest BCUT2D eigenvalue weighted by atomic mass is 19.1. The minimum atomic E-state index is -0.279. The molecule has 0 bridgehead atoms. The highest BCUT2D eigenvalue weighted by molar-refractivity contribution is 5.54. The van der Waals surface area contributed by atoms with E-state index < -0.39 is 0 Å². The standard InChI is InChI=1S/C15H22FNO/c1-3-15(2)6-8-17(9-7-15)14-5-4-13(16)10-12(14)11-18/h4-5,10,18H,3,6-9,11H2,1-2H3. The highest BCUT2D eigenvalue weighted by Gasteiger charge is 2.28. The molecule has 0 aliphatic carbocycles. The fourth-order valence-electron chi connectivity index (χ4n) is 2.63. The van der Waals surface area contributed by atoms with Gasteiger partial charge in [0, 0.05) is 24.3 Å². The molecule has 0 spiro atoms. The molecule has 3 heteroatoms. The molecule has 0 amide bonds. The molecular weight excluding hydrogens is 229 g/mol. The van der Waals surface area contributed by atoms with E-state index in [1.54, 1.807) is 6.07 Å². The molecule has 2 rings (SSSR count). The second-order valence-electron chi connectivity index (χ2n) is 5.58. The van der Waals surface area contributed by atoms with Crippen molar-refractivity contribution >= 4 is 5.69 Å². The van der Waals surface area contributed by atoms with E-state index in [0.717, 1.165) is 31.6 Å². The van der Waals surface area contributed by atoms with Crippen LogP contribution in [0.25, 0.3) is 0 Å². The number of piperidine rings is 1. The molecule has 0 saturated carbocycles. The van der Waals surface area contributed by atoms with Crippen molar-refractivity contribution in [1.82, 2.24) is 0 Å². The Kier molecular flexibility index (Phi) is 3.91. The van der Waals surface area contributed by atoms with Crippen LogP contribution >= 0.6 is 0 Å². The quantitative estimate of drug-likeness (QED) is 0.890. The first kappa shape index (κ1) is 13.3. The predicted molar refractivity (Wildman–Crippen MR) is 72.2 cm³/mol. The summed E-state index contributed by atoms with van der Waals surface area (Å²) in [6.07, 6.45) is 3.52. The Hall–Kier alpha value is -1.09. The molecule has 100 valence electrons. The average Bonchev–Trinajstić information content (AvgIpc) is 2.40. The van der Waals surface area contributed by atoms with Crippen LogP contribution in [0.2, 0.25) is 0 Å². The minimum absolute atomic E-state index is 0.103. The van der Waals surface area contributed by atoms with E-state index in [-0.39, 0.29) is 12.4 Å². The number of benzene rings is 1. The van der Waals surface area contributed by atoms with Crippen molar-refractivity contribution in [1.29, 1.82) is 0 Å². The monoisotopic (exact) mass is 251 g/mol. The van der Waals surface area contributed by atoms with E-state index in [2.05, 4.69) is 18.7 Å². The molecule has 1 aliphatic heterocycles. The summed E-state index contributed by atoms with van der Waals surface area (Å²) in [7, 11) is 0. The Labute approximate surface area is 108 Å². The van der Waals surface area contributed by atoms with E-state index in [1.807, 2.05) is 0 Å². The summed E-state index contributed by atoms with van der Waals surface area (Å²) in [6.45, 7) is 6.45. The zero-order valence-electron chi connectivity index (χ0n) is 11.2. The van der Waals surface area contributed by atoms with Crippen LogP contribution in [0.15, 0.2) is 18.2 Å². The van der Waals surface area contributed by atoms with Gasteiger partial charge in [-0.1, -0.05) is 20.3 Å². The van der Waals surface area contributed by atoms with Crippen molar-refractivity contribution < 1.29 is 9.50 Å². The number of hydrogen-bond donors (Lipinski definition) is 1. The van der Waals surface area contributed by atoms with Gasteiger partial charge in [0.15, 0.2) is 0 Å². The van der Waals surface area contributed by atoms with Gasteiger partial charge in [0.05, 0.1) is 6.61 Å². The number of anilines is 1. The summed E-state index contributed by atoms with van der Waals surface area (Å²) in [5.74, 6) is -0.279. The van der Waals surface area contributed by atoms with Crippen LogP contribution in [-0.4, -0.2) is 18.2 Å². The number of aliphatic hydroxyl groups is 1. The lowest BCUT2D eigenvalue weighted by atomic mass is 9.78. The number of hydrogen-bond acceptors (Lipinski definition) is 2. The van der Waals surface area contributed by atoms with Crippen molar-refractivity contribution in [3.63, 3.8) is 0 Å². The van der Waals surface area contributed by atoms with Crippen LogP contribution in [0, 0.1) is 11.2 Å². The average molecular weight is 251 g/mol. The van der Waals surface area contributed by atoms with Crippen molar-refractivity contribution in [2.45, 2.75) is 39.7 Å². The summed E-state index contributed by atoms with van der Waals surface area (Å²) in [4.78, 5) is 2.27. The van der Waals surface area contributed by atoms with Gasteiger partial charge in [-0.2, -0.15) is 0 Å². The lowest BCUT2D eigenvalue weighted by molar-refractivity contribution is 0.237. The van der Waals surface area contributed by atoms with Crippen LogP contribution in [0.5, 0.6) is 0 Å². The molecular formula is C15H22FNO. The van der Waals surface area contributed by atoms with Crippen molar-refractivity contribution in [3.05, 3.63) is 29.6 Å². The summed E-state index contributed by atoms with van der Waals surface area (Å²) < 4.78 is 13.1. The molecule has 1 heterocycles. The van der Waals surface area contributed by atoms with E-state index in [4.69, 9.17) is 0 Å². The second-order valence-corrected chi connectivity index (χ2v) is 5.58. The zero-order valence-corrected chi connectivity index (χ0v) is 11.2. The molecule has 1 saturated heterocycles. The molecule has 1 aromatic rings. The van der Waals surface area contributed by atoms with Gasteiger partial charge in [-0.25, -0.2) is 4.39 Å². The van der Waals surface area contributed by atoms with Gasteiger partial charge in [0.25, 0.3) is 0 Å². The second kappa shape index (κ2) is 5.27. The van der Waals surface area contributed by atoms with Crippen molar-refractivity contribution in [2.75, 3.05) is 18.0 Å². The fraction of sp³-hybridized carbons (Fsp3) is 0.600. The van der Waals surface area contributed by atoms with Crippen LogP contribution in [0.4, 0.5) is 10.1 Å². The molecule has 0 atom stereocenters. The van der Waals surface area contributed by atoms with E-state index in [0.29, 0.717) is 11.0 Å². The summed E-state index contributed by atoms with van der Waals surface area (Å²) in [6, 6.07) is 4.70. The normalized spacial score (nSPS) is 19.0. The summed E-state index contributed by atoms with van der Waals surface area (Å²) >= 11 is 0. The molecule has 1 N–H and O–H groups in total. The van der Waals surface area contributed by atoms with Gasteiger partial charge in [-0.05, 0) is 36.5 Å². The predicted octanol–water partition coefficient (Wildman–Crippen LogP) is 3.33. The molecule has 1 aromatic carbocycles. The first-order valence-electron chi connectivity index (χ1n) is 6.72. The third-order valence-corrected chi connectivity index (χ3v) is 4.38. The smallest absolute Gasteiger partial charge is 0.123 e. The lowest BCUT2D eigenvalue weighted by Gasteiger charge is -2.40. The van der Waals surface area contributed by atoms with Crippen LogP contribution < -0.4 is 4.90 Å².